The van der Waals surface area contributed by atoms with Gasteiger partial charge in [0.15, 0.2) is 0 Å². The van der Waals surface area contributed by atoms with Crippen molar-refractivity contribution in [3.63, 3.8) is 0 Å². The van der Waals surface area contributed by atoms with E-state index in [1.165, 1.54) is 30.1 Å². The van der Waals surface area contributed by atoms with Gasteiger partial charge in [0.25, 0.3) is 0 Å². The molecule has 0 heterocycles. The molecule has 30 heavy (non-hydrogen) atoms. The molecule has 0 aromatic heterocycles. The zero-order valence-corrected chi connectivity index (χ0v) is 18.0. The van der Waals surface area contributed by atoms with Crippen LogP contribution in [0.2, 0.25) is 0 Å². The molecule has 162 valence electrons. The quantitative estimate of drug-likeness (QED) is 0.651. The Kier molecular flexibility index (Phi) is 7.93. The van der Waals surface area contributed by atoms with Crippen LogP contribution in [0.5, 0.6) is 0 Å². The minimum Gasteiger partial charge on any atom is -0.357 e. The number of hydrogen-bond acceptors (Lipinski definition) is 4. The normalized spacial score (nSPS) is 12.1. The molecule has 7 nitrogen and oxygen atoms in total. The molecule has 0 aliphatic heterocycles. The van der Waals surface area contributed by atoms with Crippen molar-refractivity contribution in [1.29, 1.82) is 0 Å². The molecule has 0 fully saturated rings. The fourth-order valence-electron chi connectivity index (χ4n) is 3.02. The van der Waals surface area contributed by atoms with Crippen LogP contribution in [0.1, 0.15) is 12.5 Å². The van der Waals surface area contributed by atoms with E-state index in [9.17, 15) is 22.4 Å². The number of carbonyl (C=O) groups excluding carboxylic acids is 2. The molecule has 0 unspecified atom stereocenters. The summed E-state index contributed by atoms with van der Waals surface area (Å²) in [5, 5.41) is 2.51. The lowest BCUT2D eigenvalue weighted by atomic mass is 10.1. The Hall–Kier alpha value is -2.94. The number of benzene rings is 2. The Morgan fingerprint density at radius 1 is 1.10 bits per heavy atom. The highest BCUT2D eigenvalue weighted by molar-refractivity contribution is 7.92. The number of carbonyl (C=O) groups is 2. The zero-order valence-electron chi connectivity index (χ0n) is 17.2. The molecule has 2 aromatic carbocycles. The van der Waals surface area contributed by atoms with Gasteiger partial charge in [-0.2, -0.15) is 0 Å². The molecule has 0 aliphatic carbocycles. The van der Waals surface area contributed by atoms with Crippen LogP contribution in [0.25, 0.3) is 0 Å². The van der Waals surface area contributed by atoms with Crippen LogP contribution in [-0.4, -0.2) is 57.6 Å². The van der Waals surface area contributed by atoms with Crippen LogP contribution in [0.15, 0.2) is 54.6 Å². The van der Waals surface area contributed by atoms with E-state index in [0.29, 0.717) is 6.42 Å². The third-order valence-electron chi connectivity index (χ3n) is 4.67. The third kappa shape index (κ3) is 6.28. The maximum absolute atomic E-state index is 13.6. The Labute approximate surface area is 176 Å². The first-order valence-electron chi connectivity index (χ1n) is 9.41. The minimum atomic E-state index is -3.86. The lowest BCUT2D eigenvalue weighted by molar-refractivity contribution is -0.138. The summed E-state index contributed by atoms with van der Waals surface area (Å²) in [6, 6.07) is 13.6. The Balaban J connectivity index is 2.28. The maximum atomic E-state index is 13.6. The van der Waals surface area contributed by atoms with Crippen molar-refractivity contribution < 1.29 is 22.4 Å². The Morgan fingerprint density at radius 2 is 1.77 bits per heavy atom. The van der Waals surface area contributed by atoms with Crippen molar-refractivity contribution in [3.8, 4) is 0 Å². The highest BCUT2D eigenvalue weighted by Crippen LogP contribution is 2.19. The number of anilines is 1. The predicted molar refractivity (Wildman–Crippen MR) is 114 cm³/mol. The number of hydrogen-bond donors (Lipinski definition) is 1. The van der Waals surface area contributed by atoms with Crippen LogP contribution >= 0.6 is 0 Å². The summed E-state index contributed by atoms with van der Waals surface area (Å²) in [7, 11) is -2.40. The van der Waals surface area contributed by atoms with Gasteiger partial charge in [-0.1, -0.05) is 36.4 Å². The standard InChI is InChI=1S/C21H26FN3O4S/c1-16(21(27)23-2)24(13-12-17-8-5-4-6-9-17)20(26)15-25(30(3,28)29)19-11-7-10-18(22)14-19/h4-11,14,16H,12-13,15H2,1-3H3,(H,23,27)/t16-/m1/s1. The summed E-state index contributed by atoms with van der Waals surface area (Å²) >= 11 is 0. The van der Waals surface area contributed by atoms with E-state index in [4.69, 9.17) is 0 Å². The number of nitrogens with zero attached hydrogens (tertiary/aromatic N) is 2. The topological polar surface area (TPSA) is 86.8 Å². The maximum Gasteiger partial charge on any atom is 0.244 e. The van der Waals surface area contributed by atoms with Crippen molar-refractivity contribution in [2.45, 2.75) is 19.4 Å². The molecule has 2 amide bonds. The van der Waals surface area contributed by atoms with Crippen LogP contribution in [0, 0.1) is 5.82 Å². The van der Waals surface area contributed by atoms with Gasteiger partial charge in [0, 0.05) is 13.6 Å². The SMILES string of the molecule is CNC(=O)[C@@H](C)N(CCc1ccccc1)C(=O)CN(c1cccc(F)c1)S(C)(=O)=O. The summed E-state index contributed by atoms with van der Waals surface area (Å²) in [6.07, 6.45) is 1.44. The van der Waals surface area contributed by atoms with Crippen molar-refractivity contribution in [1.82, 2.24) is 10.2 Å². The molecule has 0 saturated heterocycles. The van der Waals surface area contributed by atoms with E-state index in [1.54, 1.807) is 6.92 Å². The summed E-state index contributed by atoms with van der Waals surface area (Å²) in [5.74, 6) is -1.54. The molecule has 1 N–H and O–H groups in total. The summed E-state index contributed by atoms with van der Waals surface area (Å²) in [6.45, 7) is 1.26. The first-order chi connectivity index (χ1) is 14.1. The number of rotatable bonds is 9. The van der Waals surface area contributed by atoms with Crippen LogP contribution in [-0.2, 0) is 26.0 Å². The van der Waals surface area contributed by atoms with E-state index in [-0.39, 0.29) is 18.1 Å². The fourth-order valence-corrected chi connectivity index (χ4v) is 3.87. The first-order valence-corrected chi connectivity index (χ1v) is 11.3. The monoisotopic (exact) mass is 435 g/mol. The van der Waals surface area contributed by atoms with Gasteiger partial charge >= 0.3 is 0 Å². The highest BCUT2D eigenvalue weighted by atomic mass is 32.2. The van der Waals surface area contributed by atoms with Gasteiger partial charge in [-0.3, -0.25) is 13.9 Å². The van der Waals surface area contributed by atoms with Gasteiger partial charge in [0.1, 0.15) is 18.4 Å². The Morgan fingerprint density at radius 3 is 2.33 bits per heavy atom. The van der Waals surface area contributed by atoms with Gasteiger partial charge in [-0.25, -0.2) is 12.8 Å². The molecule has 0 saturated carbocycles. The smallest absolute Gasteiger partial charge is 0.244 e. The van der Waals surface area contributed by atoms with Gasteiger partial charge in [-0.05, 0) is 37.1 Å². The lowest BCUT2D eigenvalue weighted by Gasteiger charge is -2.31. The molecule has 0 aliphatic rings. The van der Waals surface area contributed by atoms with E-state index in [1.807, 2.05) is 30.3 Å². The average molecular weight is 436 g/mol. The number of sulfonamides is 1. The van der Waals surface area contributed by atoms with Gasteiger partial charge < -0.3 is 10.2 Å². The summed E-state index contributed by atoms with van der Waals surface area (Å²) in [4.78, 5) is 26.6. The number of likely N-dealkylation sites (N-methyl/N-ethyl adjacent to an activating group) is 1. The first kappa shape index (κ1) is 23.3. The third-order valence-corrected chi connectivity index (χ3v) is 5.81. The van der Waals surface area contributed by atoms with Crippen LogP contribution in [0.4, 0.5) is 10.1 Å². The largest absolute Gasteiger partial charge is 0.357 e. The minimum absolute atomic E-state index is 0.0430. The molecule has 9 heteroatoms. The van der Waals surface area contributed by atoms with Crippen molar-refractivity contribution >= 4 is 27.5 Å². The van der Waals surface area contributed by atoms with Gasteiger partial charge in [0.2, 0.25) is 21.8 Å². The second-order valence-electron chi connectivity index (χ2n) is 6.86. The van der Waals surface area contributed by atoms with E-state index < -0.39 is 34.3 Å². The number of halogens is 1. The summed E-state index contributed by atoms with van der Waals surface area (Å²) < 4.78 is 39.1. The van der Waals surface area contributed by atoms with Crippen LogP contribution < -0.4 is 9.62 Å². The van der Waals surface area contributed by atoms with Crippen LogP contribution in [0.3, 0.4) is 0 Å². The molecule has 0 bridgehead atoms. The predicted octanol–water partition coefficient (Wildman–Crippen LogP) is 1.80. The van der Waals surface area contributed by atoms with E-state index in [0.717, 1.165) is 22.2 Å². The second-order valence-corrected chi connectivity index (χ2v) is 8.77. The fraction of sp³-hybridized carbons (Fsp3) is 0.333. The molecular weight excluding hydrogens is 409 g/mol. The zero-order chi connectivity index (χ0) is 22.3. The number of nitrogens with one attached hydrogen (secondary N) is 1. The Bertz CT molecular complexity index is 983. The average Bonchev–Trinajstić information content (AvgIpc) is 2.71. The van der Waals surface area contributed by atoms with Crippen molar-refractivity contribution in [2.24, 2.45) is 0 Å². The molecule has 1 atom stereocenters. The second kappa shape index (κ2) is 10.2. The van der Waals surface area contributed by atoms with Gasteiger partial charge in [0.05, 0.1) is 11.9 Å². The molecule has 0 radical (unpaired) electrons. The highest BCUT2D eigenvalue weighted by Gasteiger charge is 2.29. The molecule has 2 rings (SSSR count). The van der Waals surface area contributed by atoms with E-state index >= 15 is 0 Å². The van der Waals surface area contributed by atoms with Crippen molar-refractivity contribution in [3.05, 3.63) is 66.0 Å². The van der Waals surface area contributed by atoms with Gasteiger partial charge in [-0.15, -0.1) is 0 Å². The lowest BCUT2D eigenvalue weighted by Crippen LogP contribution is -2.51. The van der Waals surface area contributed by atoms with E-state index in [2.05, 4.69) is 5.32 Å². The molecular formula is C21H26FN3O4S. The molecule has 0 spiro atoms. The van der Waals surface area contributed by atoms with Crippen molar-refractivity contribution in [2.75, 3.05) is 30.7 Å². The summed E-state index contributed by atoms with van der Waals surface area (Å²) in [5.41, 5.74) is 1.02. The molecule has 2 aromatic rings. The number of amides is 2.